The summed E-state index contributed by atoms with van der Waals surface area (Å²) in [5, 5.41) is 0. The maximum atomic E-state index is 12.1. The summed E-state index contributed by atoms with van der Waals surface area (Å²) in [6, 6.07) is 7.77. The average molecular weight is 329 g/mol. The van der Waals surface area contributed by atoms with E-state index >= 15 is 0 Å². The lowest BCUT2D eigenvalue weighted by atomic mass is 10.1. The largest absolute Gasteiger partial charge is 0.514 e. The molecule has 0 saturated carbocycles. The SMILES string of the molecule is COc1ccncc1-c1cccc(=O)c(OC(=O)OC(C)(C)C)c1. The second-order valence-corrected chi connectivity index (χ2v) is 6.00. The third kappa shape index (κ3) is 4.55. The first kappa shape index (κ1) is 17.5. The van der Waals surface area contributed by atoms with Crippen LogP contribution in [0.4, 0.5) is 4.79 Å². The number of nitrogens with zero attached hydrogens (tertiary/aromatic N) is 1. The minimum Gasteiger partial charge on any atom is -0.496 e. The first-order valence-corrected chi connectivity index (χ1v) is 7.34. The molecule has 0 N–H and O–H groups in total. The first-order valence-electron chi connectivity index (χ1n) is 7.34. The Morgan fingerprint density at radius 1 is 1.12 bits per heavy atom. The molecule has 0 unspecified atom stereocenters. The van der Waals surface area contributed by atoms with Gasteiger partial charge in [-0.3, -0.25) is 9.78 Å². The number of hydrogen-bond donors (Lipinski definition) is 0. The van der Waals surface area contributed by atoms with Gasteiger partial charge in [-0.15, -0.1) is 0 Å². The molecule has 126 valence electrons. The van der Waals surface area contributed by atoms with Crippen LogP contribution in [-0.2, 0) is 4.74 Å². The van der Waals surface area contributed by atoms with Crippen LogP contribution in [0, 0.1) is 0 Å². The third-order valence-corrected chi connectivity index (χ3v) is 2.95. The summed E-state index contributed by atoms with van der Waals surface area (Å²) in [5.74, 6) is 0.460. The monoisotopic (exact) mass is 329 g/mol. The molecular formula is C18H19NO5. The Bertz CT molecular complexity index is 796. The van der Waals surface area contributed by atoms with E-state index in [1.165, 1.54) is 12.1 Å². The zero-order chi connectivity index (χ0) is 17.7. The van der Waals surface area contributed by atoms with Gasteiger partial charge in [-0.1, -0.05) is 12.1 Å². The normalized spacial score (nSPS) is 10.8. The number of ether oxygens (including phenoxy) is 3. The lowest BCUT2D eigenvalue weighted by Gasteiger charge is -2.18. The molecule has 0 radical (unpaired) electrons. The van der Waals surface area contributed by atoms with Crippen molar-refractivity contribution in [1.29, 1.82) is 0 Å². The van der Waals surface area contributed by atoms with Crippen LogP contribution in [0.15, 0.2) is 47.5 Å². The predicted molar refractivity (Wildman–Crippen MR) is 89.4 cm³/mol. The van der Waals surface area contributed by atoms with Crippen molar-refractivity contribution in [3.63, 3.8) is 0 Å². The molecule has 0 saturated heterocycles. The van der Waals surface area contributed by atoms with Crippen LogP contribution in [0.5, 0.6) is 11.5 Å². The van der Waals surface area contributed by atoms with Crippen molar-refractivity contribution in [3.05, 3.63) is 52.9 Å². The summed E-state index contributed by atoms with van der Waals surface area (Å²) in [6.07, 6.45) is 2.27. The molecule has 24 heavy (non-hydrogen) atoms. The number of aromatic nitrogens is 1. The lowest BCUT2D eigenvalue weighted by molar-refractivity contribution is 0.0204. The van der Waals surface area contributed by atoms with E-state index in [1.807, 2.05) is 0 Å². The van der Waals surface area contributed by atoms with Crippen LogP contribution in [-0.4, -0.2) is 23.9 Å². The van der Waals surface area contributed by atoms with E-state index in [2.05, 4.69) is 4.98 Å². The molecule has 1 aromatic carbocycles. The fourth-order valence-electron chi connectivity index (χ4n) is 1.97. The molecule has 0 bridgehead atoms. The highest BCUT2D eigenvalue weighted by Gasteiger charge is 2.19. The molecule has 0 amide bonds. The van der Waals surface area contributed by atoms with E-state index in [0.717, 1.165) is 0 Å². The van der Waals surface area contributed by atoms with Crippen molar-refractivity contribution in [1.82, 2.24) is 4.98 Å². The Balaban J connectivity index is 2.42. The van der Waals surface area contributed by atoms with E-state index in [4.69, 9.17) is 14.2 Å². The van der Waals surface area contributed by atoms with Crippen LogP contribution < -0.4 is 14.9 Å². The summed E-state index contributed by atoms with van der Waals surface area (Å²) in [6.45, 7) is 5.13. The fourth-order valence-corrected chi connectivity index (χ4v) is 1.97. The minimum absolute atomic E-state index is 0.129. The Labute approximate surface area is 140 Å². The van der Waals surface area contributed by atoms with Crippen molar-refractivity contribution >= 4 is 6.16 Å². The number of hydrogen-bond acceptors (Lipinski definition) is 6. The number of carbonyl (C=O) groups is 1. The van der Waals surface area contributed by atoms with Gasteiger partial charge in [0.15, 0.2) is 5.75 Å². The molecule has 0 aliphatic rings. The Morgan fingerprint density at radius 2 is 1.88 bits per heavy atom. The molecule has 6 nitrogen and oxygen atoms in total. The molecule has 0 aliphatic heterocycles. The second-order valence-electron chi connectivity index (χ2n) is 6.00. The number of pyridine rings is 1. The topological polar surface area (TPSA) is 74.7 Å². The molecule has 2 rings (SSSR count). The van der Waals surface area contributed by atoms with Crippen LogP contribution in [0.3, 0.4) is 0 Å². The molecular weight excluding hydrogens is 310 g/mol. The van der Waals surface area contributed by atoms with Gasteiger partial charge in [0.25, 0.3) is 0 Å². The molecule has 0 spiro atoms. The van der Waals surface area contributed by atoms with Crippen LogP contribution in [0.25, 0.3) is 11.1 Å². The van der Waals surface area contributed by atoms with Gasteiger partial charge in [-0.2, -0.15) is 0 Å². The first-order chi connectivity index (χ1) is 11.3. The Hall–Kier alpha value is -2.89. The van der Waals surface area contributed by atoms with Crippen molar-refractivity contribution < 1.29 is 19.0 Å². The summed E-state index contributed by atoms with van der Waals surface area (Å²) < 4.78 is 15.5. The Kier molecular flexibility index (Phi) is 5.18. The van der Waals surface area contributed by atoms with Crippen molar-refractivity contribution in [3.8, 4) is 22.6 Å². The van der Waals surface area contributed by atoms with Crippen LogP contribution in [0.1, 0.15) is 20.8 Å². The van der Waals surface area contributed by atoms with Crippen molar-refractivity contribution in [2.45, 2.75) is 26.4 Å². The van der Waals surface area contributed by atoms with E-state index in [9.17, 15) is 9.59 Å². The molecule has 0 fully saturated rings. The number of rotatable bonds is 3. The summed E-state index contributed by atoms with van der Waals surface area (Å²) in [4.78, 5) is 28.0. The van der Waals surface area contributed by atoms with E-state index < -0.39 is 17.2 Å². The highest BCUT2D eigenvalue weighted by atomic mass is 16.7. The quantitative estimate of drug-likeness (QED) is 0.803. The van der Waals surface area contributed by atoms with Gasteiger partial charge in [0.05, 0.1) is 7.11 Å². The second kappa shape index (κ2) is 7.12. The maximum absolute atomic E-state index is 12.1. The molecule has 6 heteroatoms. The van der Waals surface area contributed by atoms with E-state index in [-0.39, 0.29) is 5.75 Å². The summed E-state index contributed by atoms with van der Waals surface area (Å²) in [7, 11) is 1.54. The standard InChI is InChI=1S/C18H19NO5/c1-18(2,3)24-17(21)23-16-10-12(6-5-7-14(16)20)13-11-19-9-8-15(13)22-4/h5-11H,1-4H3. The molecule has 0 aliphatic carbocycles. The average Bonchev–Trinajstić information content (AvgIpc) is 2.67. The highest BCUT2D eigenvalue weighted by Crippen LogP contribution is 2.29. The minimum atomic E-state index is -0.935. The number of methoxy groups -OCH3 is 1. The Morgan fingerprint density at radius 3 is 2.54 bits per heavy atom. The molecule has 2 aromatic rings. The van der Waals surface area contributed by atoms with Crippen molar-refractivity contribution in [2.24, 2.45) is 0 Å². The maximum Gasteiger partial charge on any atom is 0.514 e. The van der Waals surface area contributed by atoms with Crippen LogP contribution >= 0.6 is 0 Å². The summed E-state index contributed by atoms with van der Waals surface area (Å²) >= 11 is 0. The number of carbonyl (C=O) groups excluding carboxylic acids is 1. The zero-order valence-corrected chi connectivity index (χ0v) is 14.0. The highest BCUT2D eigenvalue weighted by molar-refractivity contribution is 5.71. The lowest BCUT2D eigenvalue weighted by Crippen LogP contribution is -2.26. The van der Waals surface area contributed by atoms with Gasteiger partial charge in [0.1, 0.15) is 11.4 Å². The van der Waals surface area contributed by atoms with E-state index in [1.54, 1.807) is 58.5 Å². The van der Waals surface area contributed by atoms with Gasteiger partial charge in [-0.05, 0) is 44.5 Å². The van der Waals surface area contributed by atoms with Gasteiger partial charge >= 0.3 is 6.16 Å². The molecule has 1 heterocycles. The van der Waals surface area contributed by atoms with Crippen LogP contribution in [0.2, 0.25) is 0 Å². The van der Waals surface area contributed by atoms with Gasteiger partial charge in [0, 0.05) is 18.0 Å². The van der Waals surface area contributed by atoms with E-state index in [0.29, 0.717) is 16.9 Å². The zero-order valence-electron chi connectivity index (χ0n) is 14.0. The molecule has 0 atom stereocenters. The van der Waals surface area contributed by atoms with Gasteiger partial charge < -0.3 is 14.2 Å². The fraction of sp³-hybridized carbons (Fsp3) is 0.278. The van der Waals surface area contributed by atoms with Gasteiger partial charge in [-0.25, -0.2) is 4.79 Å². The van der Waals surface area contributed by atoms with Gasteiger partial charge in [0.2, 0.25) is 5.43 Å². The summed E-state index contributed by atoms with van der Waals surface area (Å²) in [5.41, 5.74) is 0.146. The van der Waals surface area contributed by atoms with Crippen molar-refractivity contribution in [2.75, 3.05) is 7.11 Å². The molecule has 1 aromatic heterocycles. The third-order valence-electron chi connectivity index (χ3n) is 2.95. The smallest absolute Gasteiger partial charge is 0.496 e. The predicted octanol–water partition coefficient (Wildman–Crippen LogP) is 3.43.